The second-order valence-electron chi connectivity index (χ2n) is 8.53. The van der Waals surface area contributed by atoms with Crippen LogP contribution in [0.4, 0.5) is 4.39 Å². The van der Waals surface area contributed by atoms with E-state index in [-0.39, 0.29) is 23.4 Å². The number of ether oxygens (including phenoxy) is 1. The molecule has 1 amide bonds. The molecule has 6 nitrogen and oxygen atoms in total. The van der Waals surface area contributed by atoms with Crippen LogP contribution in [0.2, 0.25) is 0 Å². The summed E-state index contributed by atoms with van der Waals surface area (Å²) in [6, 6.07) is 8.22. The molecule has 0 aliphatic carbocycles. The fraction of sp³-hybridized carbons (Fsp3) is 0.217. The molecule has 0 spiro atoms. The van der Waals surface area contributed by atoms with E-state index in [9.17, 15) is 14.3 Å². The van der Waals surface area contributed by atoms with Crippen molar-refractivity contribution in [2.45, 2.75) is 32.9 Å². The number of nitrogens with zero attached hydrogens (tertiary/aromatic N) is 2. The Bertz CT molecular complexity index is 1330. The lowest BCUT2D eigenvalue weighted by atomic mass is 9.98. The van der Waals surface area contributed by atoms with E-state index in [4.69, 9.17) is 4.74 Å². The van der Waals surface area contributed by atoms with Gasteiger partial charge in [0, 0.05) is 38.6 Å². The van der Waals surface area contributed by atoms with Crippen LogP contribution >= 0.6 is 22.7 Å². The molecule has 9 heteroatoms. The zero-order valence-electron chi connectivity index (χ0n) is 17.6. The van der Waals surface area contributed by atoms with Crippen LogP contribution in [0, 0.1) is 5.13 Å². The van der Waals surface area contributed by atoms with Gasteiger partial charge >= 0.3 is 0 Å². The summed E-state index contributed by atoms with van der Waals surface area (Å²) in [5.74, 6) is 0.199. The van der Waals surface area contributed by atoms with Crippen molar-refractivity contribution in [1.29, 1.82) is 0 Å². The van der Waals surface area contributed by atoms with Gasteiger partial charge in [0.1, 0.15) is 18.1 Å². The zero-order chi connectivity index (χ0) is 22.6. The molecule has 4 heterocycles. The minimum atomic E-state index is -0.425. The molecule has 0 saturated heterocycles. The van der Waals surface area contributed by atoms with Crippen molar-refractivity contribution in [1.82, 2.24) is 15.1 Å². The number of halogens is 1. The predicted octanol–water partition coefficient (Wildman–Crippen LogP) is 5.59. The van der Waals surface area contributed by atoms with Crippen LogP contribution in [0.25, 0.3) is 27.4 Å². The first kappa shape index (κ1) is 20.7. The van der Waals surface area contributed by atoms with Crippen molar-refractivity contribution in [2.24, 2.45) is 0 Å². The summed E-state index contributed by atoms with van der Waals surface area (Å²) in [4.78, 5) is 13.7. The molecule has 0 unspecified atom stereocenters. The lowest BCUT2D eigenvalue weighted by molar-refractivity contribution is 0.0911. The Morgan fingerprint density at radius 2 is 2.06 bits per heavy atom. The number of rotatable bonds is 3. The van der Waals surface area contributed by atoms with Crippen molar-refractivity contribution in [3.05, 3.63) is 57.5 Å². The van der Waals surface area contributed by atoms with E-state index in [0.29, 0.717) is 33.0 Å². The average Bonchev–Trinajstić information content (AvgIpc) is 3.45. The summed E-state index contributed by atoms with van der Waals surface area (Å²) >= 11 is 2.48. The number of carbonyl (C=O) groups is 1. The van der Waals surface area contributed by atoms with E-state index in [0.717, 1.165) is 22.7 Å². The van der Waals surface area contributed by atoms with Crippen LogP contribution in [-0.2, 0) is 6.61 Å². The molecule has 2 N–H and O–H groups in total. The molecule has 0 radical (unpaired) electrons. The van der Waals surface area contributed by atoms with Crippen molar-refractivity contribution >= 4 is 28.6 Å². The number of hydrogen-bond acceptors (Lipinski definition) is 6. The predicted molar refractivity (Wildman–Crippen MR) is 123 cm³/mol. The maximum Gasteiger partial charge on any atom is 0.272 e. The number of benzene rings is 1. The molecule has 1 aliphatic rings. The Hall–Kier alpha value is -3.17. The topological polar surface area (TPSA) is 76.4 Å². The largest absolute Gasteiger partial charge is 0.507 e. The van der Waals surface area contributed by atoms with Gasteiger partial charge in [-0.3, -0.25) is 4.79 Å². The van der Waals surface area contributed by atoms with Gasteiger partial charge in [-0.2, -0.15) is 20.8 Å². The van der Waals surface area contributed by atoms with Gasteiger partial charge in [0.05, 0.1) is 11.4 Å². The van der Waals surface area contributed by atoms with Crippen LogP contribution in [-0.4, -0.2) is 26.3 Å². The van der Waals surface area contributed by atoms with E-state index >= 15 is 0 Å². The van der Waals surface area contributed by atoms with Crippen LogP contribution in [0.15, 0.2) is 41.1 Å². The molecular formula is C23H20FN3O3S2. The number of hydrogen-bond donors (Lipinski definition) is 2. The van der Waals surface area contributed by atoms with Gasteiger partial charge in [-0.15, -0.1) is 11.3 Å². The van der Waals surface area contributed by atoms with Gasteiger partial charge in [-0.1, -0.05) is 0 Å². The standard InChI is InChI=1S/C23H20FN3O3S2/c1-23(2,3)25-22(29)20-15-10-30-17-9-16(28)13(18-4-5-19(24)32-18)8-14(17)21(15)27(26-20)12-6-7-31-11-12/h4-9,11,28H,10H2,1-3H3,(H,25,29). The monoisotopic (exact) mass is 469 g/mol. The molecule has 0 atom stereocenters. The summed E-state index contributed by atoms with van der Waals surface area (Å²) in [5.41, 5.74) is 3.26. The molecule has 1 aliphatic heterocycles. The lowest BCUT2D eigenvalue weighted by Crippen LogP contribution is -2.41. The molecule has 4 aromatic rings. The summed E-state index contributed by atoms with van der Waals surface area (Å²) in [5, 5.41) is 21.8. The van der Waals surface area contributed by atoms with Gasteiger partial charge in [-0.25, -0.2) is 4.68 Å². The Balaban J connectivity index is 1.73. The van der Waals surface area contributed by atoms with E-state index in [1.54, 1.807) is 16.8 Å². The first-order valence-electron chi connectivity index (χ1n) is 9.94. The molecule has 3 aromatic heterocycles. The summed E-state index contributed by atoms with van der Waals surface area (Å²) < 4.78 is 21.3. The third kappa shape index (κ3) is 3.57. The molecule has 5 rings (SSSR count). The number of amides is 1. The highest BCUT2D eigenvalue weighted by molar-refractivity contribution is 7.13. The first-order chi connectivity index (χ1) is 15.2. The summed E-state index contributed by atoms with van der Waals surface area (Å²) in [6.45, 7) is 5.88. The molecule has 0 saturated carbocycles. The van der Waals surface area contributed by atoms with Crippen LogP contribution in [0.5, 0.6) is 11.5 Å². The van der Waals surface area contributed by atoms with Gasteiger partial charge in [0.25, 0.3) is 5.91 Å². The number of fused-ring (bicyclic) bond motifs is 3. The second-order valence-corrected chi connectivity index (χ2v) is 10.3. The molecular weight excluding hydrogens is 449 g/mol. The number of aromatic hydroxyl groups is 1. The number of thiophene rings is 2. The van der Waals surface area contributed by atoms with E-state index < -0.39 is 5.54 Å². The second kappa shape index (κ2) is 7.46. The Morgan fingerprint density at radius 3 is 2.72 bits per heavy atom. The maximum atomic E-state index is 13.7. The first-order valence-corrected chi connectivity index (χ1v) is 11.7. The van der Waals surface area contributed by atoms with Gasteiger partial charge in [0.2, 0.25) is 0 Å². The van der Waals surface area contributed by atoms with E-state index in [1.807, 2.05) is 37.6 Å². The quantitative estimate of drug-likeness (QED) is 0.410. The van der Waals surface area contributed by atoms with Gasteiger partial charge in [0.15, 0.2) is 10.8 Å². The highest BCUT2D eigenvalue weighted by Crippen LogP contribution is 2.46. The fourth-order valence-corrected chi connectivity index (χ4v) is 5.06. The van der Waals surface area contributed by atoms with Crippen molar-refractivity contribution in [3.63, 3.8) is 0 Å². The lowest BCUT2D eigenvalue weighted by Gasteiger charge is -2.22. The minimum absolute atomic E-state index is 0.00125. The fourth-order valence-electron chi connectivity index (χ4n) is 3.69. The SMILES string of the molecule is CC(C)(C)NC(=O)c1nn(-c2ccsc2)c2c1COc1cc(O)c(-c3ccc(F)s3)cc1-2. The van der Waals surface area contributed by atoms with E-state index in [1.165, 1.54) is 23.5 Å². The average molecular weight is 470 g/mol. The van der Waals surface area contributed by atoms with Crippen molar-refractivity contribution in [2.75, 3.05) is 0 Å². The number of nitrogens with one attached hydrogen (secondary N) is 1. The van der Waals surface area contributed by atoms with Gasteiger partial charge < -0.3 is 15.2 Å². The summed E-state index contributed by atoms with van der Waals surface area (Å²) in [7, 11) is 0. The number of phenols is 1. The van der Waals surface area contributed by atoms with Gasteiger partial charge in [-0.05, 0) is 50.4 Å². The number of carbonyl (C=O) groups excluding carboxylic acids is 1. The van der Waals surface area contributed by atoms with Crippen molar-refractivity contribution in [3.8, 4) is 38.9 Å². The van der Waals surface area contributed by atoms with Crippen LogP contribution in [0.1, 0.15) is 36.8 Å². The normalized spacial score (nSPS) is 12.8. The number of aromatic nitrogens is 2. The van der Waals surface area contributed by atoms with Crippen LogP contribution < -0.4 is 10.1 Å². The highest BCUT2D eigenvalue weighted by Gasteiger charge is 2.32. The molecule has 1 aromatic carbocycles. The van der Waals surface area contributed by atoms with Crippen molar-refractivity contribution < 1.29 is 19.0 Å². The smallest absolute Gasteiger partial charge is 0.272 e. The maximum absolute atomic E-state index is 13.7. The molecule has 32 heavy (non-hydrogen) atoms. The Morgan fingerprint density at radius 1 is 1.25 bits per heavy atom. The third-order valence-electron chi connectivity index (χ3n) is 5.00. The Labute approximate surface area is 191 Å². The minimum Gasteiger partial charge on any atom is -0.507 e. The molecule has 164 valence electrons. The molecule has 0 bridgehead atoms. The van der Waals surface area contributed by atoms with E-state index in [2.05, 4.69) is 10.4 Å². The summed E-state index contributed by atoms with van der Waals surface area (Å²) in [6.07, 6.45) is 0. The zero-order valence-corrected chi connectivity index (χ0v) is 19.2. The molecule has 0 fully saturated rings. The number of phenolic OH excluding ortho intramolecular Hbond substituents is 1. The van der Waals surface area contributed by atoms with Crippen LogP contribution in [0.3, 0.4) is 0 Å². The Kier molecular flexibility index (Phi) is 4.83. The third-order valence-corrected chi connectivity index (χ3v) is 6.58. The highest BCUT2D eigenvalue weighted by atomic mass is 32.1.